The van der Waals surface area contributed by atoms with Crippen molar-refractivity contribution in [2.45, 2.75) is 11.8 Å². The van der Waals surface area contributed by atoms with E-state index in [1.54, 1.807) is 29.5 Å². The zero-order chi connectivity index (χ0) is 13.2. The molecule has 5 nitrogen and oxygen atoms in total. The largest absolute Gasteiger partial charge is 0.462 e. The van der Waals surface area contributed by atoms with Crippen molar-refractivity contribution in [1.29, 1.82) is 0 Å². The lowest BCUT2D eigenvalue weighted by molar-refractivity contribution is 0.0524. The molecule has 0 aliphatic carbocycles. The van der Waals surface area contributed by atoms with E-state index in [-0.39, 0.29) is 20.6 Å². The Hall–Kier alpha value is -0.190. The van der Waals surface area contributed by atoms with Crippen LogP contribution in [0.2, 0.25) is 0 Å². The maximum absolute atomic E-state index is 11.6. The topological polar surface area (TPSA) is 86.5 Å². The number of hydrogen-bond donors (Lipinski definition) is 1. The Bertz CT molecular complexity index is 558. The molecule has 1 aromatic rings. The highest BCUT2D eigenvalue weighted by Crippen LogP contribution is 2.26. The molecule has 0 bridgehead atoms. The second-order valence-electron chi connectivity index (χ2n) is 3.03. The molecule has 0 unspecified atom stereocenters. The zero-order valence-electron chi connectivity index (χ0n) is 8.74. The van der Waals surface area contributed by atoms with Gasteiger partial charge in [-0.1, -0.05) is 15.9 Å². The Balaban J connectivity index is 3.44. The van der Waals surface area contributed by atoms with E-state index in [9.17, 15) is 13.2 Å². The fourth-order valence-electron chi connectivity index (χ4n) is 1.13. The smallest absolute Gasteiger partial charge is 0.339 e. The van der Waals surface area contributed by atoms with Gasteiger partial charge in [0.05, 0.1) is 17.1 Å². The highest BCUT2D eigenvalue weighted by Gasteiger charge is 2.21. The number of halogens is 2. The van der Waals surface area contributed by atoms with Crippen LogP contribution in [0.25, 0.3) is 0 Å². The number of hydrogen-bond acceptors (Lipinski definition) is 4. The minimum atomic E-state index is -3.87. The molecule has 2 N–H and O–H groups in total. The Kier molecular flexibility index (Phi) is 4.93. The zero-order valence-corrected chi connectivity index (χ0v) is 13.3. The van der Waals surface area contributed by atoms with Crippen LogP contribution in [0.1, 0.15) is 17.3 Å². The van der Waals surface area contributed by atoms with Crippen LogP contribution in [0.5, 0.6) is 0 Å². The summed E-state index contributed by atoms with van der Waals surface area (Å²) in [5, 5.41) is 5.06. The minimum Gasteiger partial charge on any atom is -0.462 e. The Labute approximate surface area is 121 Å². The molecule has 1 aromatic carbocycles. The first kappa shape index (κ1) is 14.9. The predicted molar refractivity (Wildman–Crippen MR) is 74.2 cm³/mol. The highest BCUT2D eigenvalue weighted by molar-refractivity contribution is 14.1. The van der Waals surface area contributed by atoms with Crippen molar-refractivity contribution in [2.75, 3.05) is 6.61 Å². The third kappa shape index (κ3) is 3.63. The third-order valence-electron chi connectivity index (χ3n) is 1.81. The summed E-state index contributed by atoms with van der Waals surface area (Å²) in [7, 11) is -3.87. The average Bonchev–Trinajstić information content (AvgIpc) is 2.19. The first-order chi connectivity index (χ1) is 7.77. The fourth-order valence-corrected chi connectivity index (χ4v) is 3.84. The molecular weight excluding hydrogens is 425 g/mol. The van der Waals surface area contributed by atoms with Gasteiger partial charge in [0.2, 0.25) is 10.0 Å². The van der Waals surface area contributed by atoms with Gasteiger partial charge in [-0.25, -0.2) is 18.4 Å². The van der Waals surface area contributed by atoms with Crippen molar-refractivity contribution in [3.8, 4) is 0 Å². The summed E-state index contributed by atoms with van der Waals surface area (Å²) < 4.78 is 28.2. The molecule has 94 valence electrons. The number of sulfonamides is 1. The molecule has 17 heavy (non-hydrogen) atoms. The van der Waals surface area contributed by atoms with Crippen LogP contribution in [-0.2, 0) is 14.8 Å². The summed E-state index contributed by atoms with van der Waals surface area (Å²) in [5.41, 5.74) is 0.172. The number of nitrogens with two attached hydrogens (primary N) is 1. The second-order valence-corrected chi connectivity index (χ2v) is 6.56. The number of primary sulfonamides is 1. The van der Waals surface area contributed by atoms with Crippen LogP contribution in [0.15, 0.2) is 21.5 Å². The van der Waals surface area contributed by atoms with Crippen molar-refractivity contribution >= 4 is 54.5 Å². The van der Waals surface area contributed by atoms with Crippen LogP contribution in [-0.4, -0.2) is 21.0 Å². The number of esters is 1. The van der Waals surface area contributed by atoms with Crippen molar-refractivity contribution in [1.82, 2.24) is 0 Å². The number of ether oxygens (including phenoxy) is 1. The number of benzene rings is 1. The molecular formula is C9H9BrINO4S. The molecule has 0 radical (unpaired) electrons. The average molecular weight is 434 g/mol. The molecule has 0 saturated heterocycles. The molecule has 0 atom stereocenters. The lowest BCUT2D eigenvalue weighted by Gasteiger charge is -2.09. The third-order valence-corrected chi connectivity index (χ3v) is 4.73. The Morgan fingerprint density at radius 1 is 1.53 bits per heavy atom. The molecule has 0 aliphatic rings. The van der Waals surface area contributed by atoms with E-state index < -0.39 is 16.0 Å². The first-order valence-electron chi connectivity index (χ1n) is 4.46. The normalized spacial score (nSPS) is 11.3. The van der Waals surface area contributed by atoms with E-state index in [0.29, 0.717) is 4.47 Å². The monoisotopic (exact) mass is 433 g/mol. The van der Waals surface area contributed by atoms with E-state index in [1.165, 1.54) is 12.1 Å². The fraction of sp³-hybridized carbons (Fsp3) is 0.222. The lowest BCUT2D eigenvalue weighted by Crippen LogP contribution is -2.16. The van der Waals surface area contributed by atoms with Gasteiger partial charge in [-0.2, -0.15) is 0 Å². The molecule has 0 saturated carbocycles. The van der Waals surface area contributed by atoms with Gasteiger partial charge in [0.15, 0.2) is 0 Å². The summed E-state index contributed by atoms with van der Waals surface area (Å²) in [6.45, 7) is 1.88. The summed E-state index contributed by atoms with van der Waals surface area (Å²) in [6.07, 6.45) is 0. The lowest BCUT2D eigenvalue weighted by atomic mass is 10.2. The molecule has 0 fully saturated rings. The van der Waals surface area contributed by atoms with E-state index >= 15 is 0 Å². The van der Waals surface area contributed by atoms with Crippen molar-refractivity contribution in [3.63, 3.8) is 0 Å². The van der Waals surface area contributed by atoms with Gasteiger partial charge in [0.25, 0.3) is 0 Å². The molecule has 0 spiro atoms. The van der Waals surface area contributed by atoms with Gasteiger partial charge in [-0.3, -0.25) is 0 Å². The van der Waals surface area contributed by atoms with Gasteiger partial charge in [-0.15, -0.1) is 0 Å². The number of rotatable bonds is 3. The van der Waals surface area contributed by atoms with E-state index in [2.05, 4.69) is 15.9 Å². The SMILES string of the molecule is CCOC(=O)c1cc(Br)cc(S(N)(=O)=O)c1I. The molecule has 0 aliphatic heterocycles. The quantitative estimate of drug-likeness (QED) is 0.582. The Morgan fingerprint density at radius 3 is 2.59 bits per heavy atom. The minimum absolute atomic E-state index is 0.101. The Morgan fingerprint density at radius 2 is 2.12 bits per heavy atom. The van der Waals surface area contributed by atoms with Crippen LogP contribution in [0.3, 0.4) is 0 Å². The number of carbonyl (C=O) groups is 1. The number of carbonyl (C=O) groups excluding carboxylic acids is 1. The summed E-state index contributed by atoms with van der Waals surface area (Å²) in [4.78, 5) is 11.5. The van der Waals surface area contributed by atoms with Crippen molar-refractivity contribution in [2.24, 2.45) is 5.14 Å². The van der Waals surface area contributed by atoms with Crippen LogP contribution in [0.4, 0.5) is 0 Å². The predicted octanol–water partition coefficient (Wildman–Crippen LogP) is 1.88. The van der Waals surface area contributed by atoms with Gasteiger partial charge < -0.3 is 4.74 Å². The van der Waals surface area contributed by atoms with Gasteiger partial charge in [-0.05, 0) is 41.6 Å². The van der Waals surface area contributed by atoms with Crippen molar-refractivity contribution in [3.05, 3.63) is 25.7 Å². The van der Waals surface area contributed by atoms with Crippen LogP contribution in [0, 0.1) is 3.57 Å². The molecule has 0 heterocycles. The summed E-state index contributed by atoms with van der Waals surface area (Å²) >= 11 is 4.88. The van der Waals surface area contributed by atoms with E-state index in [0.717, 1.165) is 0 Å². The van der Waals surface area contributed by atoms with E-state index in [1.807, 2.05) is 0 Å². The van der Waals surface area contributed by atoms with Crippen LogP contribution < -0.4 is 5.14 Å². The van der Waals surface area contributed by atoms with E-state index in [4.69, 9.17) is 9.88 Å². The highest BCUT2D eigenvalue weighted by atomic mass is 127. The molecule has 1 rings (SSSR count). The maximum atomic E-state index is 11.6. The first-order valence-corrected chi connectivity index (χ1v) is 7.88. The van der Waals surface area contributed by atoms with Crippen LogP contribution >= 0.6 is 38.5 Å². The molecule has 8 heteroatoms. The van der Waals surface area contributed by atoms with Crippen molar-refractivity contribution < 1.29 is 17.9 Å². The van der Waals surface area contributed by atoms with Gasteiger partial charge >= 0.3 is 5.97 Å². The van der Waals surface area contributed by atoms with Gasteiger partial charge in [0, 0.05) is 8.04 Å². The molecule has 0 aromatic heterocycles. The molecule has 0 amide bonds. The standard InChI is InChI=1S/C9H9BrINO4S/c1-2-16-9(13)6-3-5(10)4-7(8(6)11)17(12,14)15/h3-4H,2H2,1H3,(H2,12,14,15). The second kappa shape index (κ2) is 5.63. The summed E-state index contributed by atoms with van der Waals surface area (Å²) in [5.74, 6) is -0.580. The summed E-state index contributed by atoms with van der Waals surface area (Å²) in [6, 6.07) is 2.84. The maximum Gasteiger partial charge on any atom is 0.339 e. The van der Waals surface area contributed by atoms with Gasteiger partial charge in [0.1, 0.15) is 0 Å².